The fraction of sp³-hybridized carbons (Fsp3) is 0.500. The number of aryl methyl sites for hydroxylation is 2. The molecule has 0 radical (unpaired) electrons. The van der Waals surface area contributed by atoms with Gasteiger partial charge in [0, 0.05) is 11.1 Å². The number of anilines is 1. The molecule has 0 fully saturated rings. The van der Waals surface area contributed by atoms with Crippen molar-refractivity contribution in [1.29, 1.82) is 0 Å². The first kappa shape index (κ1) is 15.5. The lowest BCUT2D eigenvalue weighted by Gasteiger charge is -2.14. The van der Waals surface area contributed by atoms with Gasteiger partial charge in [-0.1, -0.05) is 6.92 Å². The van der Waals surface area contributed by atoms with Crippen LogP contribution in [-0.4, -0.2) is 27.1 Å². The maximum atomic E-state index is 11.8. The minimum absolute atomic E-state index is 0.0639. The summed E-state index contributed by atoms with van der Waals surface area (Å²) in [5.41, 5.74) is 6.26. The number of rotatable bonds is 5. The smallest absolute Gasteiger partial charge is 0.360 e. The van der Waals surface area contributed by atoms with Crippen molar-refractivity contribution in [2.24, 2.45) is 0 Å². The highest BCUT2D eigenvalue weighted by molar-refractivity contribution is 7.11. The molecule has 2 aromatic heterocycles. The largest absolute Gasteiger partial charge is 0.461 e. The topological polar surface area (TPSA) is 83.0 Å². The third-order valence-electron chi connectivity index (χ3n) is 3.26. The van der Waals surface area contributed by atoms with E-state index in [9.17, 15) is 4.79 Å². The SMILES string of the molecule is CCOC(=O)c1nc(C)n(C(C)c2ncc(CC)s2)c1N. The maximum absolute atomic E-state index is 11.8. The van der Waals surface area contributed by atoms with Crippen LogP contribution in [0.4, 0.5) is 5.82 Å². The van der Waals surface area contributed by atoms with E-state index in [1.165, 1.54) is 4.88 Å². The molecule has 2 aromatic rings. The minimum atomic E-state index is -0.488. The molecule has 1 unspecified atom stereocenters. The molecule has 0 aliphatic carbocycles. The summed E-state index contributed by atoms with van der Waals surface area (Å²) in [6.07, 6.45) is 2.84. The van der Waals surface area contributed by atoms with E-state index in [0.717, 1.165) is 11.4 Å². The number of hydrogen-bond acceptors (Lipinski definition) is 6. The van der Waals surface area contributed by atoms with Gasteiger partial charge in [-0.3, -0.25) is 0 Å². The molecule has 2 heterocycles. The Morgan fingerprint density at radius 1 is 1.52 bits per heavy atom. The quantitative estimate of drug-likeness (QED) is 0.858. The molecule has 0 bridgehead atoms. The summed E-state index contributed by atoms with van der Waals surface area (Å²) in [4.78, 5) is 21.7. The van der Waals surface area contributed by atoms with Gasteiger partial charge in [0.15, 0.2) is 5.69 Å². The summed E-state index contributed by atoms with van der Waals surface area (Å²) in [6, 6.07) is -0.0639. The molecule has 2 N–H and O–H groups in total. The molecular formula is C14H20N4O2S. The number of carbonyl (C=O) groups is 1. The Morgan fingerprint density at radius 3 is 2.81 bits per heavy atom. The number of nitrogen functional groups attached to an aromatic ring is 1. The van der Waals surface area contributed by atoms with Crippen molar-refractivity contribution in [3.8, 4) is 0 Å². The van der Waals surface area contributed by atoms with Crippen LogP contribution < -0.4 is 5.73 Å². The summed E-state index contributed by atoms with van der Waals surface area (Å²) in [5, 5.41) is 0.953. The van der Waals surface area contributed by atoms with Crippen molar-refractivity contribution in [3.05, 3.63) is 27.6 Å². The maximum Gasteiger partial charge on any atom is 0.360 e. The zero-order chi connectivity index (χ0) is 15.6. The normalized spacial score (nSPS) is 12.4. The molecule has 7 heteroatoms. The van der Waals surface area contributed by atoms with Crippen LogP contribution in [0.1, 0.15) is 53.0 Å². The van der Waals surface area contributed by atoms with Gasteiger partial charge in [0.1, 0.15) is 16.6 Å². The predicted octanol–water partition coefficient (Wildman–Crippen LogP) is 2.58. The van der Waals surface area contributed by atoms with Crippen LogP contribution in [0.15, 0.2) is 6.20 Å². The number of thiazole rings is 1. The first-order chi connectivity index (χ1) is 9.99. The Bertz CT molecular complexity index is 647. The Kier molecular flexibility index (Phi) is 4.62. The van der Waals surface area contributed by atoms with Gasteiger partial charge in [-0.2, -0.15) is 0 Å². The van der Waals surface area contributed by atoms with E-state index >= 15 is 0 Å². The predicted molar refractivity (Wildman–Crippen MR) is 82.6 cm³/mol. The van der Waals surface area contributed by atoms with Gasteiger partial charge in [0.25, 0.3) is 0 Å². The molecule has 0 saturated heterocycles. The van der Waals surface area contributed by atoms with E-state index in [2.05, 4.69) is 16.9 Å². The number of esters is 1. The summed E-state index contributed by atoms with van der Waals surface area (Å²) in [5.74, 6) is 0.514. The highest BCUT2D eigenvalue weighted by Crippen LogP contribution is 2.28. The fourth-order valence-electron chi connectivity index (χ4n) is 2.19. The van der Waals surface area contributed by atoms with Crippen molar-refractivity contribution in [3.63, 3.8) is 0 Å². The molecule has 1 atom stereocenters. The molecule has 0 spiro atoms. The number of aromatic nitrogens is 3. The molecule has 2 rings (SSSR count). The first-order valence-corrected chi connectivity index (χ1v) is 7.77. The number of nitrogens with two attached hydrogens (primary N) is 1. The lowest BCUT2D eigenvalue weighted by atomic mass is 10.3. The molecule has 0 aromatic carbocycles. The van der Waals surface area contributed by atoms with Crippen molar-refractivity contribution < 1.29 is 9.53 Å². The van der Waals surface area contributed by atoms with E-state index in [1.807, 2.05) is 24.6 Å². The van der Waals surface area contributed by atoms with Crippen LogP contribution in [0.25, 0.3) is 0 Å². The second kappa shape index (κ2) is 6.26. The zero-order valence-electron chi connectivity index (χ0n) is 12.7. The van der Waals surface area contributed by atoms with Gasteiger partial charge >= 0.3 is 5.97 Å². The van der Waals surface area contributed by atoms with Crippen molar-refractivity contribution in [2.75, 3.05) is 12.3 Å². The number of ether oxygens (including phenoxy) is 1. The van der Waals surface area contributed by atoms with Gasteiger partial charge in [0.2, 0.25) is 0 Å². The zero-order valence-corrected chi connectivity index (χ0v) is 13.5. The summed E-state index contributed by atoms with van der Waals surface area (Å²) in [6.45, 7) is 7.97. The van der Waals surface area contributed by atoms with Gasteiger partial charge in [-0.15, -0.1) is 11.3 Å². The summed E-state index contributed by atoms with van der Waals surface area (Å²) < 4.78 is 6.80. The van der Waals surface area contributed by atoms with Crippen LogP contribution >= 0.6 is 11.3 Å². The Hall–Kier alpha value is -1.89. The van der Waals surface area contributed by atoms with Crippen LogP contribution in [0.3, 0.4) is 0 Å². The molecule has 0 saturated carbocycles. The average Bonchev–Trinajstić information content (AvgIpc) is 3.03. The lowest BCUT2D eigenvalue weighted by Crippen LogP contribution is -2.13. The Labute approximate surface area is 128 Å². The van der Waals surface area contributed by atoms with E-state index in [1.54, 1.807) is 18.3 Å². The summed E-state index contributed by atoms with van der Waals surface area (Å²) in [7, 11) is 0. The third kappa shape index (κ3) is 2.92. The van der Waals surface area contributed by atoms with Gasteiger partial charge in [-0.25, -0.2) is 14.8 Å². The summed E-state index contributed by atoms with van der Waals surface area (Å²) >= 11 is 1.65. The van der Waals surface area contributed by atoms with Crippen LogP contribution in [-0.2, 0) is 11.2 Å². The van der Waals surface area contributed by atoms with E-state index in [4.69, 9.17) is 10.5 Å². The second-order valence-corrected chi connectivity index (χ2v) is 5.82. The molecule has 0 aliphatic heterocycles. The van der Waals surface area contributed by atoms with Crippen LogP contribution in [0.5, 0.6) is 0 Å². The van der Waals surface area contributed by atoms with Gasteiger partial charge < -0.3 is 15.0 Å². The molecule has 0 amide bonds. The van der Waals surface area contributed by atoms with E-state index in [0.29, 0.717) is 18.2 Å². The van der Waals surface area contributed by atoms with Crippen LogP contribution in [0, 0.1) is 6.92 Å². The minimum Gasteiger partial charge on any atom is -0.461 e. The van der Waals surface area contributed by atoms with E-state index in [-0.39, 0.29) is 11.7 Å². The van der Waals surface area contributed by atoms with Crippen molar-refractivity contribution >= 4 is 23.1 Å². The molecule has 6 nitrogen and oxygen atoms in total. The third-order valence-corrected chi connectivity index (χ3v) is 4.57. The highest BCUT2D eigenvalue weighted by Gasteiger charge is 2.24. The number of hydrogen-bond donors (Lipinski definition) is 1. The standard InChI is InChI=1S/C14H20N4O2S/c1-5-10-7-16-13(21-10)8(3)18-9(4)17-11(12(18)15)14(19)20-6-2/h7-8H,5-6,15H2,1-4H3. The van der Waals surface area contributed by atoms with Gasteiger partial charge in [-0.05, 0) is 27.2 Å². The number of imidazole rings is 1. The fourth-order valence-corrected chi connectivity index (χ4v) is 3.09. The first-order valence-electron chi connectivity index (χ1n) is 6.95. The van der Waals surface area contributed by atoms with E-state index < -0.39 is 5.97 Å². The average molecular weight is 308 g/mol. The van der Waals surface area contributed by atoms with Crippen molar-refractivity contribution in [2.45, 2.75) is 40.2 Å². The molecular weight excluding hydrogens is 288 g/mol. The highest BCUT2D eigenvalue weighted by atomic mass is 32.1. The van der Waals surface area contributed by atoms with Crippen LogP contribution in [0.2, 0.25) is 0 Å². The number of nitrogens with zero attached hydrogens (tertiary/aromatic N) is 3. The Morgan fingerprint density at radius 2 is 2.24 bits per heavy atom. The Balaban J connectivity index is 2.37. The molecule has 114 valence electrons. The lowest BCUT2D eigenvalue weighted by molar-refractivity contribution is 0.0521. The number of carbonyl (C=O) groups excluding carboxylic acids is 1. The molecule has 21 heavy (non-hydrogen) atoms. The van der Waals surface area contributed by atoms with Crippen molar-refractivity contribution in [1.82, 2.24) is 14.5 Å². The second-order valence-electron chi connectivity index (χ2n) is 4.68. The monoisotopic (exact) mass is 308 g/mol. The van der Waals surface area contributed by atoms with Gasteiger partial charge in [0.05, 0.1) is 12.6 Å². The molecule has 0 aliphatic rings.